The molecule has 4 rings (SSSR count). The van der Waals surface area contributed by atoms with Crippen molar-refractivity contribution in [2.45, 2.75) is 16.4 Å². The molecule has 0 aliphatic carbocycles. The first-order valence-corrected chi connectivity index (χ1v) is 8.93. The number of rotatable bonds is 4. The maximum Gasteiger partial charge on any atom is 0.352 e. The van der Waals surface area contributed by atoms with E-state index in [-0.39, 0.29) is 17.0 Å². The van der Waals surface area contributed by atoms with Gasteiger partial charge in [-0.1, -0.05) is 0 Å². The Morgan fingerprint density at radius 2 is 2.33 bits per heavy atom. The van der Waals surface area contributed by atoms with Crippen molar-refractivity contribution in [2.24, 2.45) is 5.73 Å². The summed E-state index contributed by atoms with van der Waals surface area (Å²) >= 11 is 2.85. The van der Waals surface area contributed by atoms with Crippen molar-refractivity contribution in [1.82, 2.24) is 30.2 Å². The van der Waals surface area contributed by atoms with Crippen molar-refractivity contribution in [2.75, 3.05) is 11.5 Å². The Morgan fingerprint density at radius 1 is 1.50 bits per heavy atom. The summed E-state index contributed by atoms with van der Waals surface area (Å²) in [6.07, 6.45) is 0. The van der Waals surface area contributed by atoms with Crippen LogP contribution in [0.25, 0.3) is 5.65 Å². The first-order chi connectivity index (χ1) is 11.6. The normalized spacial score (nSPS) is 23.4. The van der Waals surface area contributed by atoms with E-state index in [4.69, 9.17) is 5.73 Å². The second-order valence-electron chi connectivity index (χ2n) is 5.18. The van der Waals surface area contributed by atoms with Crippen molar-refractivity contribution in [3.05, 3.63) is 23.4 Å². The molecule has 1 saturated heterocycles. The number of β-lactam (4-membered cyclic amide) rings is 1. The number of carboxylic acids is 1. The predicted molar refractivity (Wildman–Crippen MR) is 85.0 cm³/mol. The van der Waals surface area contributed by atoms with Crippen LogP contribution in [0.2, 0.25) is 0 Å². The van der Waals surface area contributed by atoms with Crippen molar-refractivity contribution in [3.63, 3.8) is 0 Å². The Bertz CT molecular complexity index is 882. The molecule has 1 fully saturated rings. The third-order valence-corrected chi connectivity index (χ3v) is 6.10. The largest absolute Gasteiger partial charge is 0.477 e. The lowest BCUT2D eigenvalue weighted by atomic mass is 10.0. The van der Waals surface area contributed by atoms with E-state index in [1.54, 1.807) is 12.1 Å². The maximum atomic E-state index is 11.9. The lowest BCUT2D eigenvalue weighted by Gasteiger charge is -2.48. The number of fused-ring (bicyclic) bond motifs is 2. The number of hydrogen-bond donors (Lipinski definition) is 2. The minimum Gasteiger partial charge on any atom is -0.477 e. The fourth-order valence-electron chi connectivity index (χ4n) is 2.56. The zero-order valence-electron chi connectivity index (χ0n) is 12.1. The fourth-order valence-corrected chi connectivity index (χ4v) is 4.84. The van der Waals surface area contributed by atoms with Crippen LogP contribution in [0, 0.1) is 0 Å². The fraction of sp³-hybridized carbons (Fsp3) is 0.333. The summed E-state index contributed by atoms with van der Waals surface area (Å²) in [5, 5.41) is 25.1. The standard InChI is InChI=1S/C12H11N7O3S2/c13-8-10(20)18-9(12(21)22)5(4-24-11(8)18)3-23-7-2-1-6-14-16-17-19(6)15-7/h1-2,8,11H,3-4,13H2,(H,21,22)/t8?,11-/m1/s1. The number of tetrazole rings is 1. The first kappa shape index (κ1) is 15.4. The van der Waals surface area contributed by atoms with Gasteiger partial charge in [-0.3, -0.25) is 9.69 Å². The Morgan fingerprint density at radius 3 is 3.12 bits per heavy atom. The molecule has 12 heteroatoms. The zero-order chi connectivity index (χ0) is 16.8. The molecule has 1 unspecified atom stereocenters. The SMILES string of the molecule is NC1C(=O)N2C(C(=O)O)=C(CSc3ccc4nnnn4n3)CS[C@H]12. The van der Waals surface area contributed by atoms with E-state index in [9.17, 15) is 14.7 Å². The van der Waals surface area contributed by atoms with Crippen LogP contribution in [-0.2, 0) is 9.59 Å². The van der Waals surface area contributed by atoms with Crippen molar-refractivity contribution in [1.29, 1.82) is 0 Å². The molecule has 4 heterocycles. The van der Waals surface area contributed by atoms with Gasteiger partial charge in [0.15, 0.2) is 5.65 Å². The van der Waals surface area contributed by atoms with Gasteiger partial charge in [0, 0.05) is 11.5 Å². The number of nitrogens with zero attached hydrogens (tertiary/aromatic N) is 6. The highest BCUT2D eigenvalue weighted by Crippen LogP contribution is 2.40. The van der Waals surface area contributed by atoms with Crippen LogP contribution in [0.1, 0.15) is 0 Å². The van der Waals surface area contributed by atoms with E-state index in [1.807, 2.05) is 0 Å². The van der Waals surface area contributed by atoms with Crippen LogP contribution in [0.3, 0.4) is 0 Å². The van der Waals surface area contributed by atoms with Crippen LogP contribution >= 0.6 is 23.5 Å². The summed E-state index contributed by atoms with van der Waals surface area (Å²) in [7, 11) is 0. The molecule has 0 spiro atoms. The average Bonchev–Trinajstić information content (AvgIpc) is 3.05. The molecule has 0 saturated carbocycles. The van der Waals surface area contributed by atoms with E-state index in [2.05, 4.69) is 20.6 Å². The molecule has 10 nitrogen and oxygen atoms in total. The summed E-state index contributed by atoms with van der Waals surface area (Å²) in [6.45, 7) is 0. The van der Waals surface area contributed by atoms with Gasteiger partial charge in [0.05, 0.1) is 0 Å². The average molecular weight is 365 g/mol. The molecule has 2 aliphatic heterocycles. The van der Waals surface area contributed by atoms with Gasteiger partial charge in [-0.25, -0.2) is 4.79 Å². The van der Waals surface area contributed by atoms with Gasteiger partial charge in [0.25, 0.3) is 0 Å². The monoisotopic (exact) mass is 365 g/mol. The maximum absolute atomic E-state index is 11.9. The smallest absolute Gasteiger partial charge is 0.352 e. The number of carbonyl (C=O) groups excluding carboxylic acids is 1. The Hall–Kier alpha value is -2.18. The van der Waals surface area contributed by atoms with Crippen LogP contribution in [0.5, 0.6) is 0 Å². The minimum absolute atomic E-state index is 0.0430. The van der Waals surface area contributed by atoms with Gasteiger partial charge in [-0.05, 0) is 28.1 Å². The third-order valence-electron chi connectivity index (χ3n) is 3.73. The Kier molecular flexibility index (Phi) is 3.66. The van der Waals surface area contributed by atoms with E-state index in [1.165, 1.54) is 33.1 Å². The van der Waals surface area contributed by atoms with Gasteiger partial charge >= 0.3 is 5.97 Å². The van der Waals surface area contributed by atoms with Gasteiger partial charge in [-0.2, -0.15) is 0 Å². The molecule has 0 bridgehead atoms. The summed E-state index contributed by atoms with van der Waals surface area (Å²) in [6, 6.07) is 2.87. The van der Waals surface area contributed by atoms with Crippen molar-refractivity contribution in [3.8, 4) is 0 Å². The molecule has 24 heavy (non-hydrogen) atoms. The number of carboxylic acid groups (broad SMARTS) is 1. The number of nitrogens with two attached hydrogens (primary N) is 1. The molecule has 0 radical (unpaired) electrons. The van der Waals surface area contributed by atoms with Crippen LogP contribution in [0.4, 0.5) is 0 Å². The predicted octanol–water partition coefficient (Wildman–Crippen LogP) is -0.808. The summed E-state index contributed by atoms with van der Waals surface area (Å²) in [4.78, 5) is 24.8. The van der Waals surface area contributed by atoms with Crippen LogP contribution in [0.15, 0.2) is 28.4 Å². The number of thioether (sulfide) groups is 2. The van der Waals surface area contributed by atoms with Crippen LogP contribution < -0.4 is 5.73 Å². The third kappa shape index (κ3) is 2.34. The molecular formula is C12H11N7O3S2. The van der Waals surface area contributed by atoms with Crippen molar-refractivity contribution < 1.29 is 14.7 Å². The van der Waals surface area contributed by atoms with Gasteiger partial charge in [0.2, 0.25) is 5.91 Å². The van der Waals surface area contributed by atoms with Gasteiger partial charge in [-0.15, -0.1) is 38.4 Å². The van der Waals surface area contributed by atoms with Crippen molar-refractivity contribution >= 4 is 41.0 Å². The number of carbonyl (C=O) groups is 2. The highest BCUT2D eigenvalue weighted by atomic mass is 32.2. The van der Waals surface area contributed by atoms with E-state index in [0.717, 1.165) is 0 Å². The number of aliphatic carboxylic acids is 1. The highest BCUT2D eigenvalue weighted by molar-refractivity contribution is 8.01. The molecule has 2 aromatic rings. The number of aromatic nitrogens is 5. The molecule has 2 aliphatic rings. The van der Waals surface area contributed by atoms with E-state index >= 15 is 0 Å². The lowest BCUT2D eigenvalue weighted by Crippen LogP contribution is -2.68. The van der Waals surface area contributed by atoms with E-state index in [0.29, 0.717) is 27.8 Å². The Labute approximate surface area is 143 Å². The van der Waals surface area contributed by atoms with Crippen LogP contribution in [-0.4, -0.2) is 70.1 Å². The first-order valence-electron chi connectivity index (χ1n) is 6.90. The molecule has 2 aromatic heterocycles. The molecule has 0 aromatic carbocycles. The number of hydrogen-bond acceptors (Lipinski definition) is 9. The Balaban J connectivity index is 1.57. The second-order valence-corrected chi connectivity index (χ2v) is 7.28. The summed E-state index contributed by atoms with van der Waals surface area (Å²) in [5.74, 6) is -0.536. The lowest BCUT2D eigenvalue weighted by molar-refractivity contribution is -0.147. The summed E-state index contributed by atoms with van der Waals surface area (Å²) < 4.78 is 1.30. The molecule has 3 N–H and O–H groups in total. The molecular weight excluding hydrogens is 354 g/mol. The van der Waals surface area contributed by atoms with Gasteiger partial charge in [0.1, 0.15) is 22.1 Å². The van der Waals surface area contributed by atoms with Gasteiger partial charge < -0.3 is 10.8 Å². The zero-order valence-corrected chi connectivity index (χ0v) is 13.7. The summed E-state index contributed by atoms with van der Waals surface area (Å²) in [5.41, 5.74) is 6.97. The topological polar surface area (TPSA) is 140 Å². The second kappa shape index (κ2) is 5.72. The molecule has 2 atom stereocenters. The molecule has 124 valence electrons. The number of amides is 1. The highest BCUT2D eigenvalue weighted by Gasteiger charge is 2.51. The quantitative estimate of drug-likeness (QED) is 0.522. The van der Waals surface area contributed by atoms with E-state index < -0.39 is 12.0 Å². The minimum atomic E-state index is -1.11. The molecule has 1 amide bonds.